The maximum Gasteiger partial charge on any atom is 0.245 e. The van der Waals surface area contributed by atoms with E-state index in [1.807, 2.05) is 31.2 Å². The van der Waals surface area contributed by atoms with E-state index < -0.39 is 15.9 Å². The zero-order valence-corrected chi connectivity index (χ0v) is 15.3. The van der Waals surface area contributed by atoms with Crippen LogP contribution in [0.3, 0.4) is 0 Å². The summed E-state index contributed by atoms with van der Waals surface area (Å²) in [6.45, 7) is 1.60. The van der Waals surface area contributed by atoms with Crippen LogP contribution >= 0.6 is 0 Å². The van der Waals surface area contributed by atoms with E-state index in [2.05, 4.69) is 10.3 Å². The fraction of sp³-hybridized carbons (Fsp3) is 0.158. The second kappa shape index (κ2) is 7.13. The van der Waals surface area contributed by atoms with E-state index >= 15 is 0 Å². The summed E-state index contributed by atoms with van der Waals surface area (Å²) in [5.41, 5.74) is 2.66. The van der Waals surface area contributed by atoms with Gasteiger partial charge in [-0.15, -0.1) is 0 Å². The Morgan fingerprint density at radius 3 is 2.46 bits per heavy atom. The molecule has 6 nitrogen and oxygen atoms in total. The van der Waals surface area contributed by atoms with Crippen LogP contribution in [0.25, 0.3) is 10.9 Å². The fourth-order valence-electron chi connectivity index (χ4n) is 2.64. The molecule has 1 N–H and O–H groups in total. The fourth-order valence-corrected chi connectivity index (χ4v) is 3.49. The smallest absolute Gasteiger partial charge is 0.245 e. The molecule has 0 saturated heterocycles. The summed E-state index contributed by atoms with van der Waals surface area (Å²) in [4.78, 5) is 16.8. The molecule has 0 spiro atoms. The SMILES string of the molecule is Cc1ccc(N(CC(=O)Nc2cccc3cccnc23)S(C)(=O)=O)cc1. The van der Waals surface area contributed by atoms with Gasteiger partial charge in [-0.1, -0.05) is 35.9 Å². The summed E-state index contributed by atoms with van der Waals surface area (Å²) >= 11 is 0. The van der Waals surface area contributed by atoms with Crippen LogP contribution in [0.1, 0.15) is 5.56 Å². The number of nitrogens with zero attached hydrogens (tertiary/aromatic N) is 2. The number of amides is 1. The minimum absolute atomic E-state index is 0.314. The van der Waals surface area contributed by atoms with Gasteiger partial charge in [0, 0.05) is 11.6 Å². The normalized spacial score (nSPS) is 11.3. The Bertz CT molecular complexity index is 1040. The molecule has 7 heteroatoms. The third kappa shape index (κ3) is 4.00. The molecule has 0 bridgehead atoms. The zero-order valence-electron chi connectivity index (χ0n) is 14.5. The lowest BCUT2D eigenvalue weighted by Gasteiger charge is -2.22. The molecule has 1 aromatic heterocycles. The number of pyridine rings is 1. The molecule has 134 valence electrons. The number of aromatic nitrogens is 1. The van der Waals surface area contributed by atoms with Gasteiger partial charge in [-0.25, -0.2) is 8.42 Å². The minimum atomic E-state index is -3.60. The molecule has 0 aliphatic rings. The molecule has 2 aromatic carbocycles. The summed E-state index contributed by atoms with van der Waals surface area (Å²) in [5, 5.41) is 3.65. The van der Waals surface area contributed by atoms with Crippen molar-refractivity contribution >= 4 is 38.2 Å². The summed E-state index contributed by atoms with van der Waals surface area (Å²) in [7, 11) is -3.60. The molecule has 0 fully saturated rings. The van der Waals surface area contributed by atoms with Crippen LogP contribution < -0.4 is 9.62 Å². The Balaban J connectivity index is 1.85. The quantitative estimate of drug-likeness (QED) is 0.750. The van der Waals surface area contributed by atoms with Gasteiger partial charge < -0.3 is 5.32 Å². The number of fused-ring (bicyclic) bond motifs is 1. The molecule has 0 saturated carbocycles. The van der Waals surface area contributed by atoms with Crippen molar-refractivity contribution in [3.8, 4) is 0 Å². The lowest BCUT2D eigenvalue weighted by atomic mass is 10.2. The monoisotopic (exact) mass is 369 g/mol. The molecule has 3 aromatic rings. The van der Waals surface area contributed by atoms with Crippen LogP contribution in [0.4, 0.5) is 11.4 Å². The Morgan fingerprint density at radius 2 is 1.77 bits per heavy atom. The summed E-state index contributed by atoms with van der Waals surface area (Å²) in [6, 6.07) is 16.1. The Morgan fingerprint density at radius 1 is 1.08 bits per heavy atom. The molecular weight excluding hydrogens is 350 g/mol. The first-order valence-electron chi connectivity index (χ1n) is 8.02. The minimum Gasteiger partial charge on any atom is -0.323 e. The standard InChI is InChI=1S/C19H19N3O3S/c1-14-8-10-16(11-9-14)22(26(2,24)25)13-18(23)21-17-7-3-5-15-6-4-12-20-19(15)17/h3-12H,13H2,1-2H3,(H,21,23). The largest absolute Gasteiger partial charge is 0.323 e. The van der Waals surface area contributed by atoms with E-state index in [4.69, 9.17) is 0 Å². The molecule has 26 heavy (non-hydrogen) atoms. The number of benzene rings is 2. The van der Waals surface area contributed by atoms with Gasteiger partial charge in [0.1, 0.15) is 6.54 Å². The molecule has 1 amide bonds. The number of para-hydroxylation sites is 1. The predicted octanol–water partition coefficient (Wildman–Crippen LogP) is 2.95. The van der Waals surface area contributed by atoms with Gasteiger partial charge in [0.2, 0.25) is 15.9 Å². The maximum absolute atomic E-state index is 12.5. The average molecular weight is 369 g/mol. The van der Waals surface area contributed by atoms with Crippen LogP contribution in [0.2, 0.25) is 0 Å². The first kappa shape index (κ1) is 17.9. The number of anilines is 2. The van der Waals surface area contributed by atoms with E-state index in [1.165, 1.54) is 0 Å². The average Bonchev–Trinajstić information content (AvgIpc) is 2.60. The van der Waals surface area contributed by atoms with Crippen molar-refractivity contribution in [2.75, 3.05) is 22.4 Å². The maximum atomic E-state index is 12.5. The number of aryl methyl sites for hydroxylation is 1. The molecule has 0 unspecified atom stereocenters. The van der Waals surface area contributed by atoms with Crippen LogP contribution in [0.5, 0.6) is 0 Å². The van der Waals surface area contributed by atoms with Gasteiger partial charge >= 0.3 is 0 Å². The summed E-state index contributed by atoms with van der Waals surface area (Å²) < 4.78 is 25.4. The lowest BCUT2D eigenvalue weighted by molar-refractivity contribution is -0.114. The number of nitrogens with one attached hydrogen (secondary N) is 1. The van der Waals surface area contributed by atoms with Crippen molar-refractivity contribution in [1.82, 2.24) is 4.98 Å². The first-order chi connectivity index (χ1) is 12.3. The number of hydrogen-bond donors (Lipinski definition) is 1. The lowest BCUT2D eigenvalue weighted by Crippen LogP contribution is -2.37. The Labute approximate surface area is 152 Å². The van der Waals surface area contributed by atoms with Gasteiger partial charge in [0.05, 0.1) is 23.1 Å². The van der Waals surface area contributed by atoms with Gasteiger partial charge in [0.25, 0.3) is 0 Å². The number of rotatable bonds is 5. The molecule has 1 heterocycles. The molecule has 0 aliphatic heterocycles. The van der Waals surface area contributed by atoms with Crippen molar-refractivity contribution < 1.29 is 13.2 Å². The van der Waals surface area contributed by atoms with Crippen molar-refractivity contribution in [1.29, 1.82) is 0 Å². The summed E-state index contributed by atoms with van der Waals surface area (Å²) in [5.74, 6) is -0.436. The third-order valence-electron chi connectivity index (χ3n) is 3.92. The van der Waals surface area contributed by atoms with E-state index in [1.54, 1.807) is 36.5 Å². The van der Waals surface area contributed by atoms with Gasteiger partial charge in [-0.2, -0.15) is 0 Å². The molecule has 3 rings (SSSR count). The second-order valence-corrected chi connectivity index (χ2v) is 7.94. The highest BCUT2D eigenvalue weighted by molar-refractivity contribution is 7.92. The van der Waals surface area contributed by atoms with E-state index in [0.29, 0.717) is 16.9 Å². The predicted molar refractivity (Wildman–Crippen MR) is 104 cm³/mol. The Hall–Kier alpha value is -2.93. The Kier molecular flexibility index (Phi) is 4.90. The number of carbonyl (C=O) groups is 1. The highest BCUT2D eigenvalue weighted by Crippen LogP contribution is 2.22. The van der Waals surface area contributed by atoms with Crippen LogP contribution in [0.15, 0.2) is 60.8 Å². The zero-order chi connectivity index (χ0) is 18.7. The number of hydrogen-bond acceptors (Lipinski definition) is 4. The van der Waals surface area contributed by atoms with Crippen molar-refractivity contribution in [3.05, 3.63) is 66.4 Å². The topological polar surface area (TPSA) is 79.4 Å². The third-order valence-corrected chi connectivity index (χ3v) is 5.06. The van der Waals surface area contributed by atoms with E-state index in [0.717, 1.165) is 21.5 Å². The molecule has 0 atom stereocenters. The highest BCUT2D eigenvalue weighted by Gasteiger charge is 2.21. The molecular formula is C19H19N3O3S. The van der Waals surface area contributed by atoms with Crippen LogP contribution in [0, 0.1) is 6.92 Å². The highest BCUT2D eigenvalue weighted by atomic mass is 32.2. The van der Waals surface area contributed by atoms with E-state index in [-0.39, 0.29) is 6.54 Å². The molecule has 0 radical (unpaired) electrons. The number of sulfonamides is 1. The molecule has 0 aliphatic carbocycles. The first-order valence-corrected chi connectivity index (χ1v) is 9.87. The van der Waals surface area contributed by atoms with Crippen LogP contribution in [-0.4, -0.2) is 32.1 Å². The summed E-state index contributed by atoms with van der Waals surface area (Å²) in [6.07, 6.45) is 2.73. The van der Waals surface area contributed by atoms with Crippen molar-refractivity contribution in [2.24, 2.45) is 0 Å². The van der Waals surface area contributed by atoms with Gasteiger partial charge in [0.15, 0.2) is 0 Å². The van der Waals surface area contributed by atoms with Gasteiger partial charge in [-0.05, 0) is 31.2 Å². The number of carbonyl (C=O) groups excluding carboxylic acids is 1. The van der Waals surface area contributed by atoms with Crippen molar-refractivity contribution in [3.63, 3.8) is 0 Å². The second-order valence-electron chi connectivity index (χ2n) is 6.03. The van der Waals surface area contributed by atoms with Crippen molar-refractivity contribution in [2.45, 2.75) is 6.92 Å². The van der Waals surface area contributed by atoms with Crippen LogP contribution in [-0.2, 0) is 14.8 Å². The van der Waals surface area contributed by atoms with E-state index in [9.17, 15) is 13.2 Å². The van der Waals surface area contributed by atoms with Gasteiger partial charge in [-0.3, -0.25) is 14.1 Å².